The summed E-state index contributed by atoms with van der Waals surface area (Å²) in [4.78, 5) is 4.04. The normalized spacial score (nSPS) is 11.4. The molecular weight excluding hydrogens is 271 g/mol. The Bertz CT molecular complexity index is 549. The van der Waals surface area contributed by atoms with Gasteiger partial charge >= 0.3 is 6.36 Å². The first kappa shape index (κ1) is 14.2. The van der Waals surface area contributed by atoms with E-state index in [4.69, 9.17) is 0 Å². The van der Waals surface area contributed by atoms with Gasteiger partial charge in [-0.05, 0) is 31.2 Å². The minimum Gasteiger partial charge on any atom is -0.406 e. The number of aryl methyl sites for hydroxylation is 1. The van der Waals surface area contributed by atoms with Crippen LogP contribution in [0.4, 0.5) is 18.9 Å². The highest BCUT2D eigenvalue weighted by Gasteiger charge is 2.30. The van der Waals surface area contributed by atoms with E-state index in [1.54, 1.807) is 12.5 Å². The highest BCUT2D eigenvalue weighted by molar-refractivity contribution is 5.46. The van der Waals surface area contributed by atoms with Crippen molar-refractivity contribution in [2.45, 2.75) is 26.4 Å². The van der Waals surface area contributed by atoms with Crippen molar-refractivity contribution in [1.29, 1.82) is 0 Å². The summed E-state index contributed by atoms with van der Waals surface area (Å²) in [5.41, 5.74) is 1.71. The van der Waals surface area contributed by atoms with E-state index in [1.807, 2.05) is 11.5 Å². The molecule has 1 N–H and O–H groups in total. The van der Waals surface area contributed by atoms with Crippen molar-refractivity contribution in [2.75, 3.05) is 5.32 Å². The summed E-state index contributed by atoms with van der Waals surface area (Å²) in [6.07, 6.45) is -1.18. The zero-order chi connectivity index (χ0) is 14.6. The summed E-state index contributed by atoms with van der Waals surface area (Å²) in [5, 5.41) is 3.11. The van der Waals surface area contributed by atoms with Crippen LogP contribution >= 0.6 is 0 Å². The molecule has 1 aromatic carbocycles. The van der Waals surface area contributed by atoms with Gasteiger partial charge in [-0.1, -0.05) is 0 Å². The Morgan fingerprint density at radius 1 is 1.25 bits per heavy atom. The van der Waals surface area contributed by atoms with Crippen LogP contribution in [0.15, 0.2) is 36.8 Å². The molecule has 0 atom stereocenters. The van der Waals surface area contributed by atoms with E-state index >= 15 is 0 Å². The van der Waals surface area contributed by atoms with Crippen molar-refractivity contribution in [2.24, 2.45) is 0 Å². The molecule has 108 valence electrons. The van der Waals surface area contributed by atoms with Crippen LogP contribution in [0.5, 0.6) is 5.75 Å². The average molecular weight is 285 g/mol. The lowest BCUT2D eigenvalue weighted by molar-refractivity contribution is -0.274. The molecule has 0 spiro atoms. The third kappa shape index (κ3) is 3.91. The molecule has 4 nitrogen and oxygen atoms in total. The number of halogens is 3. The Balaban J connectivity index is 1.94. The highest BCUT2D eigenvalue weighted by atomic mass is 19.4. The molecule has 0 radical (unpaired) electrons. The van der Waals surface area contributed by atoms with Gasteiger partial charge in [0.05, 0.1) is 18.6 Å². The summed E-state index contributed by atoms with van der Waals surface area (Å²) >= 11 is 0. The van der Waals surface area contributed by atoms with Crippen molar-refractivity contribution in [3.05, 3.63) is 42.5 Å². The molecule has 0 aliphatic heterocycles. The maximum atomic E-state index is 12.0. The van der Waals surface area contributed by atoms with Gasteiger partial charge in [-0.15, -0.1) is 13.2 Å². The number of nitrogens with one attached hydrogen (secondary N) is 1. The molecule has 7 heteroatoms. The third-order valence-electron chi connectivity index (χ3n) is 2.70. The topological polar surface area (TPSA) is 39.1 Å². The molecule has 0 aliphatic carbocycles. The van der Waals surface area contributed by atoms with Crippen LogP contribution in [0, 0.1) is 0 Å². The Kier molecular flexibility index (Phi) is 4.16. The van der Waals surface area contributed by atoms with Crippen LogP contribution in [0.3, 0.4) is 0 Å². The lowest BCUT2D eigenvalue weighted by Gasteiger charge is -2.11. The fourth-order valence-corrected chi connectivity index (χ4v) is 1.75. The van der Waals surface area contributed by atoms with Gasteiger partial charge in [0, 0.05) is 18.4 Å². The predicted molar refractivity (Wildman–Crippen MR) is 68.4 cm³/mol. The minimum atomic E-state index is -4.66. The summed E-state index contributed by atoms with van der Waals surface area (Å²) in [7, 11) is 0. The van der Waals surface area contributed by atoms with Crippen LogP contribution in [-0.4, -0.2) is 15.9 Å². The summed E-state index contributed by atoms with van der Waals surface area (Å²) in [6.45, 7) is 3.37. The van der Waals surface area contributed by atoms with Crippen molar-refractivity contribution >= 4 is 5.69 Å². The van der Waals surface area contributed by atoms with Crippen molar-refractivity contribution in [1.82, 2.24) is 9.55 Å². The fraction of sp³-hybridized carbons (Fsp3) is 0.308. The first-order chi connectivity index (χ1) is 9.48. The van der Waals surface area contributed by atoms with Crippen LogP contribution in [0.2, 0.25) is 0 Å². The number of nitrogens with zero attached hydrogens (tertiary/aromatic N) is 2. The lowest BCUT2D eigenvalue weighted by Crippen LogP contribution is -2.17. The fourth-order valence-electron chi connectivity index (χ4n) is 1.75. The molecule has 0 saturated carbocycles. The van der Waals surface area contributed by atoms with Crippen molar-refractivity contribution in [3.63, 3.8) is 0 Å². The predicted octanol–water partition coefficient (Wildman–Crippen LogP) is 3.41. The second kappa shape index (κ2) is 5.85. The van der Waals surface area contributed by atoms with Gasteiger partial charge in [-0.3, -0.25) is 0 Å². The second-order valence-electron chi connectivity index (χ2n) is 4.10. The van der Waals surface area contributed by atoms with Gasteiger partial charge in [0.1, 0.15) is 5.75 Å². The van der Waals surface area contributed by atoms with Gasteiger partial charge in [0.25, 0.3) is 0 Å². The standard InChI is InChI=1S/C13H14F3N3O/c1-2-19-9-17-7-11(19)8-18-10-3-5-12(6-4-10)20-13(14,15)16/h3-7,9,18H,2,8H2,1H3. The third-order valence-corrected chi connectivity index (χ3v) is 2.70. The number of hydrogen-bond donors (Lipinski definition) is 1. The van der Waals surface area contributed by atoms with E-state index in [1.165, 1.54) is 24.3 Å². The van der Waals surface area contributed by atoms with E-state index in [9.17, 15) is 13.2 Å². The number of imidazole rings is 1. The zero-order valence-corrected chi connectivity index (χ0v) is 10.8. The molecule has 0 unspecified atom stereocenters. The molecule has 0 saturated heterocycles. The van der Waals surface area contributed by atoms with Gasteiger partial charge in [-0.2, -0.15) is 0 Å². The summed E-state index contributed by atoms with van der Waals surface area (Å²) in [5.74, 6) is -0.235. The van der Waals surface area contributed by atoms with Crippen molar-refractivity contribution < 1.29 is 17.9 Å². The molecule has 1 aromatic heterocycles. The van der Waals surface area contributed by atoms with Crippen LogP contribution < -0.4 is 10.1 Å². The lowest BCUT2D eigenvalue weighted by atomic mass is 10.3. The van der Waals surface area contributed by atoms with Crippen LogP contribution in [-0.2, 0) is 13.1 Å². The second-order valence-corrected chi connectivity index (χ2v) is 4.10. The zero-order valence-electron chi connectivity index (χ0n) is 10.8. The number of benzene rings is 1. The number of rotatable bonds is 5. The molecule has 1 heterocycles. The Hall–Kier alpha value is -2.18. The molecular formula is C13H14F3N3O. The van der Waals surface area contributed by atoms with E-state index < -0.39 is 6.36 Å². The first-order valence-corrected chi connectivity index (χ1v) is 6.06. The van der Waals surface area contributed by atoms with E-state index in [-0.39, 0.29) is 5.75 Å². The Morgan fingerprint density at radius 2 is 1.95 bits per heavy atom. The van der Waals surface area contributed by atoms with Gasteiger partial charge in [0.15, 0.2) is 0 Å². The number of hydrogen-bond acceptors (Lipinski definition) is 3. The van der Waals surface area contributed by atoms with Gasteiger partial charge < -0.3 is 14.6 Å². The molecule has 20 heavy (non-hydrogen) atoms. The number of alkyl halides is 3. The van der Waals surface area contributed by atoms with E-state index in [2.05, 4.69) is 15.0 Å². The Morgan fingerprint density at radius 3 is 2.55 bits per heavy atom. The minimum absolute atomic E-state index is 0.235. The first-order valence-electron chi connectivity index (χ1n) is 6.06. The van der Waals surface area contributed by atoms with E-state index in [0.717, 1.165) is 12.2 Å². The van der Waals surface area contributed by atoms with Crippen LogP contribution in [0.25, 0.3) is 0 Å². The molecule has 2 aromatic rings. The molecule has 0 aliphatic rings. The maximum absolute atomic E-state index is 12.0. The monoisotopic (exact) mass is 285 g/mol. The highest BCUT2D eigenvalue weighted by Crippen LogP contribution is 2.24. The van der Waals surface area contributed by atoms with Gasteiger partial charge in [0.2, 0.25) is 0 Å². The maximum Gasteiger partial charge on any atom is 0.573 e. The smallest absolute Gasteiger partial charge is 0.406 e. The molecule has 2 rings (SSSR count). The Labute approximate surface area is 114 Å². The summed E-state index contributed by atoms with van der Waals surface area (Å²) < 4.78 is 41.8. The average Bonchev–Trinajstić information content (AvgIpc) is 2.83. The molecule has 0 fully saturated rings. The van der Waals surface area contributed by atoms with Crippen LogP contribution in [0.1, 0.15) is 12.6 Å². The van der Waals surface area contributed by atoms with E-state index in [0.29, 0.717) is 12.2 Å². The van der Waals surface area contributed by atoms with Gasteiger partial charge in [-0.25, -0.2) is 4.98 Å². The molecule has 0 bridgehead atoms. The SMILES string of the molecule is CCn1cncc1CNc1ccc(OC(F)(F)F)cc1. The molecule has 0 amide bonds. The summed E-state index contributed by atoms with van der Waals surface area (Å²) in [6, 6.07) is 5.61. The number of aromatic nitrogens is 2. The largest absolute Gasteiger partial charge is 0.573 e. The van der Waals surface area contributed by atoms with Crippen molar-refractivity contribution in [3.8, 4) is 5.75 Å². The number of anilines is 1. The quantitative estimate of drug-likeness (QED) is 0.915. The number of ether oxygens (including phenoxy) is 1.